The average Bonchev–Trinajstić information content (AvgIpc) is 2.99. The van der Waals surface area contributed by atoms with Gasteiger partial charge >= 0.3 is 0 Å². The molecule has 5 nitrogen and oxygen atoms in total. The van der Waals surface area contributed by atoms with E-state index in [2.05, 4.69) is 15.6 Å². The summed E-state index contributed by atoms with van der Waals surface area (Å²) in [7, 11) is 0. The van der Waals surface area contributed by atoms with Gasteiger partial charge < -0.3 is 15.6 Å². The predicted molar refractivity (Wildman–Crippen MR) is 99.6 cm³/mol. The maximum atomic E-state index is 12.1. The van der Waals surface area contributed by atoms with Gasteiger partial charge in [-0.05, 0) is 42.7 Å². The largest absolute Gasteiger partial charge is 0.361 e. The summed E-state index contributed by atoms with van der Waals surface area (Å²) in [5.74, 6) is -0.415. The topological polar surface area (TPSA) is 74.0 Å². The monoisotopic (exact) mass is 335 g/mol. The van der Waals surface area contributed by atoms with Gasteiger partial charge in [-0.15, -0.1) is 0 Å². The van der Waals surface area contributed by atoms with E-state index >= 15 is 0 Å². The predicted octanol–water partition coefficient (Wildman–Crippen LogP) is 3.08. The van der Waals surface area contributed by atoms with Gasteiger partial charge in [-0.1, -0.05) is 30.3 Å². The summed E-state index contributed by atoms with van der Waals surface area (Å²) in [4.78, 5) is 27.3. The number of H-pyrrole nitrogens is 1. The molecule has 5 heteroatoms. The molecule has 0 aliphatic carbocycles. The first kappa shape index (κ1) is 16.8. The van der Waals surface area contributed by atoms with Crippen molar-refractivity contribution in [1.29, 1.82) is 0 Å². The number of carbonyl (C=O) groups is 2. The Balaban J connectivity index is 1.55. The molecule has 0 spiro atoms. The van der Waals surface area contributed by atoms with Crippen molar-refractivity contribution in [2.24, 2.45) is 0 Å². The van der Waals surface area contributed by atoms with Gasteiger partial charge in [0, 0.05) is 22.8 Å². The van der Waals surface area contributed by atoms with Crippen molar-refractivity contribution < 1.29 is 9.59 Å². The number of carbonyl (C=O) groups excluding carboxylic acids is 2. The van der Waals surface area contributed by atoms with E-state index in [1.165, 1.54) is 0 Å². The Morgan fingerprint density at radius 1 is 1.04 bits per heavy atom. The van der Waals surface area contributed by atoms with Crippen molar-refractivity contribution in [3.05, 3.63) is 65.4 Å². The van der Waals surface area contributed by atoms with E-state index in [-0.39, 0.29) is 24.8 Å². The van der Waals surface area contributed by atoms with E-state index in [0.717, 1.165) is 33.3 Å². The van der Waals surface area contributed by atoms with Crippen molar-refractivity contribution in [3.63, 3.8) is 0 Å². The second-order valence-electron chi connectivity index (χ2n) is 6.18. The number of aromatic nitrogens is 1. The molecule has 128 valence electrons. The maximum Gasteiger partial charge on any atom is 0.243 e. The Hall–Kier alpha value is -3.08. The number of fused-ring (bicyclic) bond motifs is 1. The lowest BCUT2D eigenvalue weighted by molar-refractivity contribution is -0.123. The lowest BCUT2D eigenvalue weighted by Gasteiger charge is -2.10. The first-order chi connectivity index (χ1) is 12.0. The summed E-state index contributed by atoms with van der Waals surface area (Å²) in [5.41, 5.74) is 4.75. The number of amides is 2. The van der Waals surface area contributed by atoms with Gasteiger partial charge in [0.25, 0.3) is 0 Å². The fourth-order valence-electron chi connectivity index (χ4n) is 2.76. The third-order valence-electron chi connectivity index (χ3n) is 4.14. The highest BCUT2D eigenvalue weighted by atomic mass is 16.2. The van der Waals surface area contributed by atoms with Gasteiger partial charge in [-0.25, -0.2) is 0 Å². The number of aryl methyl sites for hydroxylation is 2. The number of hydrogen-bond donors (Lipinski definition) is 3. The van der Waals surface area contributed by atoms with E-state index in [1.54, 1.807) is 0 Å². The highest BCUT2D eigenvalue weighted by Crippen LogP contribution is 2.18. The smallest absolute Gasteiger partial charge is 0.243 e. The molecule has 0 radical (unpaired) electrons. The van der Waals surface area contributed by atoms with Gasteiger partial charge in [-0.2, -0.15) is 0 Å². The van der Waals surface area contributed by atoms with Crippen LogP contribution in [0.4, 0.5) is 5.69 Å². The molecule has 0 saturated heterocycles. The average molecular weight is 335 g/mol. The molecule has 0 saturated carbocycles. The van der Waals surface area contributed by atoms with Crippen LogP contribution in [0.3, 0.4) is 0 Å². The van der Waals surface area contributed by atoms with Crippen LogP contribution >= 0.6 is 0 Å². The van der Waals surface area contributed by atoms with Crippen LogP contribution in [0.2, 0.25) is 0 Å². The second-order valence-corrected chi connectivity index (χ2v) is 6.18. The third-order valence-corrected chi connectivity index (χ3v) is 4.14. The molecule has 25 heavy (non-hydrogen) atoms. The molecule has 3 N–H and O–H groups in total. The Morgan fingerprint density at radius 3 is 2.68 bits per heavy atom. The summed E-state index contributed by atoms with van der Waals surface area (Å²) >= 11 is 0. The Labute approximate surface area is 146 Å². The van der Waals surface area contributed by atoms with Crippen molar-refractivity contribution in [1.82, 2.24) is 10.3 Å². The molecule has 2 aromatic carbocycles. The second kappa shape index (κ2) is 7.21. The minimum atomic E-state index is -0.235. The van der Waals surface area contributed by atoms with E-state index in [4.69, 9.17) is 0 Å². The number of hydrogen-bond acceptors (Lipinski definition) is 2. The molecular formula is C20H21N3O2. The highest BCUT2D eigenvalue weighted by Gasteiger charge is 2.10. The molecule has 0 aliphatic heterocycles. The Morgan fingerprint density at radius 2 is 1.84 bits per heavy atom. The summed E-state index contributed by atoms with van der Waals surface area (Å²) in [6, 6.07) is 13.7. The molecule has 1 heterocycles. The number of para-hydroxylation sites is 1. The van der Waals surface area contributed by atoms with Crippen LogP contribution in [0.5, 0.6) is 0 Å². The van der Waals surface area contributed by atoms with Crippen molar-refractivity contribution >= 4 is 28.4 Å². The summed E-state index contributed by atoms with van der Waals surface area (Å²) in [6.07, 6.45) is 2.07. The first-order valence-electron chi connectivity index (χ1n) is 8.22. The zero-order valence-electron chi connectivity index (χ0n) is 14.3. The van der Waals surface area contributed by atoms with E-state index < -0.39 is 0 Å². The summed E-state index contributed by atoms with van der Waals surface area (Å²) < 4.78 is 0. The van der Waals surface area contributed by atoms with E-state index in [9.17, 15) is 9.59 Å². The normalized spacial score (nSPS) is 10.6. The van der Waals surface area contributed by atoms with Gasteiger partial charge in [-0.3, -0.25) is 9.59 Å². The van der Waals surface area contributed by atoms with Crippen LogP contribution in [-0.4, -0.2) is 23.3 Å². The fraction of sp³-hybridized carbons (Fsp3) is 0.200. The minimum Gasteiger partial charge on any atom is -0.361 e. The Bertz CT molecular complexity index is 928. The third kappa shape index (κ3) is 4.07. The lowest BCUT2D eigenvalue weighted by Crippen LogP contribution is -2.33. The number of nitrogens with one attached hydrogen (secondary N) is 3. The standard InChI is InChI=1S/C20H21N3O2/c1-13-7-8-14(2)18(9-13)23-20(25)12-22-19(24)10-15-11-21-17-6-4-3-5-16(15)17/h3-9,11,21H,10,12H2,1-2H3,(H,22,24)(H,23,25). The van der Waals surface area contributed by atoms with Crippen LogP contribution in [0.15, 0.2) is 48.7 Å². The number of benzene rings is 2. The Kier molecular flexibility index (Phi) is 4.84. The van der Waals surface area contributed by atoms with Crippen LogP contribution in [0.25, 0.3) is 10.9 Å². The van der Waals surface area contributed by atoms with E-state index in [1.807, 2.05) is 62.5 Å². The molecule has 1 aromatic heterocycles. The lowest BCUT2D eigenvalue weighted by atomic mass is 10.1. The molecule has 3 rings (SSSR count). The van der Waals surface area contributed by atoms with Crippen molar-refractivity contribution in [2.75, 3.05) is 11.9 Å². The molecule has 0 bridgehead atoms. The van der Waals surface area contributed by atoms with Crippen molar-refractivity contribution in [2.45, 2.75) is 20.3 Å². The number of aromatic amines is 1. The molecule has 0 aliphatic rings. The van der Waals surface area contributed by atoms with Crippen LogP contribution < -0.4 is 10.6 Å². The van der Waals surface area contributed by atoms with Crippen LogP contribution in [0, 0.1) is 13.8 Å². The van der Waals surface area contributed by atoms with Gasteiger partial charge in [0.2, 0.25) is 11.8 Å². The van der Waals surface area contributed by atoms with Crippen LogP contribution in [0.1, 0.15) is 16.7 Å². The summed E-state index contributed by atoms with van der Waals surface area (Å²) in [6.45, 7) is 3.86. The van der Waals surface area contributed by atoms with Crippen LogP contribution in [-0.2, 0) is 16.0 Å². The zero-order chi connectivity index (χ0) is 17.8. The zero-order valence-corrected chi connectivity index (χ0v) is 14.3. The number of rotatable bonds is 5. The van der Waals surface area contributed by atoms with E-state index in [0.29, 0.717) is 0 Å². The minimum absolute atomic E-state index is 0.0471. The molecule has 0 unspecified atom stereocenters. The number of anilines is 1. The molecule has 2 amide bonds. The van der Waals surface area contributed by atoms with Crippen molar-refractivity contribution in [3.8, 4) is 0 Å². The maximum absolute atomic E-state index is 12.1. The quantitative estimate of drug-likeness (QED) is 0.670. The molecule has 3 aromatic rings. The first-order valence-corrected chi connectivity index (χ1v) is 8.22. The SMILES string of the molecule is Cc1ccc(C)c(NC(=O)CNC(=O)Cc2c[nH]c3ccccc23)c1. The van der Waals surface area contributed by atoms with Gasteiger partial charge in [0.05, 0.1) is 13.0 Å². The molecule has 0 fully saturated rings. The molecular weight excluding hydrogens is 314 g/mol. The highest BCUT2D eigenvalue weighted by molar-refractivity contribution is 5.96. The van der Waals surface area contributed by atoms with Gasteiger partial charge in [0.1, 0.15) is 0 Å². The molecule has 0 atom stereocenters. The fourth-order valence-corrected chi connectivity index (χ4v) is 2.76. The summed E-state index contributed by atoms with van der Waals surface area (Å²) in [5, 5.41) is 6.54. The van der Waals surface area contributed by atoms with Gasteiger partial charge in [0.15, 0.2) is 0 Å².